The van der Waals surface area contributed by atoms with E-state index in [4.69, 9.17) is 0 Å². The van der Waals surface area contributed by atoms with Crippen molar-refractivity contribution in [1.29, 1.82) is 0 Å². The lowest BCUT2D eigenvalue weighted by molar-refractivity contribution is 0.497. The fourth-order valence-electron chi connectivity index (χ4n) is 1.01. The van der Waals surface area contributed by atoms with Crippen LogP contribution in [0.1, 0.15) is 0 Å². The van der Waals surface area contributed by atoms with Crippen LogP contribution in [-0.2, 0) is 10.0 Å². The summed E-state index contributed by atoms with van der Waals surface area (Å²) in [6.07, 6.45) is 0. The monoisotopic (exact) mass is 254 g/mol. The highest BCUT2D eigenvalue weighted by Crippen LogP contribution is 2.18. The molecule has 90 valence electrons. The minimum Gasteiger partial charge on any atom is -0.381 e. The van der Waals surface area contributed by atoms with Crippen molar-refractivity contribution in [2.24, 2.45) is 5.14 Å². The number of nitrogens with one attached hydrogen (secondary N) is 1. The average molecular weight is 254 g/mol. The normalized spacial score (nSPS) is 11.5. The molecule has 1 rings (SSSR count). The van der Waals surface area contributed by atoms with Crippen LogP contribution in [-0.4, -0.2) is 20.7 Å². The Morgan fingerprint density at radius 2 is 1.88 bits per heavy atom. The lowest BCUT2D eigenvalue weighted by Gasteiger charge is -2.07. The quantitative estimate of drug-likeness (QED) is 0.781. The Bertz CT molecular complexity index is 490. The summed E-state index contributed by atoms with van der Waals surface area (Å²) in [7, 11) is -3.70. The number of hydrogen-bond donors (Lipinski definition) is 2. The van der Waals surface area contributed by atoms with Crippen LogP contribution in [0, 0.1) is 17.5 Å². The van der Waals surface area contributed by atoms with Crippen LogP contribution in [0.4, 0.5) is 18.9 Å². The number of halogens is 3. The first kappa shape index (κ1) is 12.8. The van der Waals surface area contributed by atoms with Crippen molar-refractivity contribution in [3.05, 3.63) is 29.6 Å². The van der Waals surface area contributed by atoms with Gasteiger partial charge >= 0.3 is 0 Å². The van der Waals surface area contributed by atoms with Gasteiger partial charge in [-0.15, -0.1) is 0 Å². The van der Waals surface area contributed by atoms with Crippen molar-refractivity contribution in [3.8, 4) is 0 Å². The molecule has 0 fully saturated rings. The molecule has 0 bridgehead atoms. The highest BCUT2D eigenvalue weighted by molar-refractivity contribution is 7.89. The highest BCUT2D eigenvalue weighted by Gasteiger charge is 2.11. The molecule has 0 saturated carbocycles. The van der Waals surface area contributed by atoms with Gasteiger partial charge in [0, 0.05) is 18.7 Å². The molecule has 0 atom stereocenters. The SMILES string of the molecule is NS(=O)(=O)CCNc1cc(F)cc(F)c1F. The van der Waals surface area contributed by atoms with E-state index in [1.165, 1.54) is 0 Å². The Labute approximate surface area is 90.3 Å². The lowest BCUT2D eigenvalue weighted by atomic mass is 10.3. The summed E-state index contributed by atoms with van der Waals surface area (Å²) in [5.41, 5.74) is -0.443. The van der Waals surface area contributed by atoms with Gasteiger partial charge < -0.3 is 5.32 Å². The second-order valence-corrected chi connectivity index (χ2v) is 4.78. The second kappa shape index (κ2) is 4.71. The fourth-order valence-corrected chi connectivity index (χ4v) is 1.40. The number of nitrogens with two attached hydrogens (primary N) is 1. The van der Waals surface area contributed by atoms with E-state index >= 15 is 0 Å². The summed E-state index contributed by atoms with van der Waals surface area (Å²) in [6.45, 7) is -0.237. The van der Waals surface area contributed by atoms with Gasteiger partial charge in [-0.3, -0.25) is 0 Å². The zero-order chi connectivity index (χ0) is 12.3. The van der Waals surface area contributed by atoms with Crippen molar-refractivity contribution >= 4 is 15.7 Å². The van der Waals surface area contributed by atoms with Crippen LogP contribution in [0.15, 0.2) is 12.1 Å². The van der Waals surface area contributed by atoms with Crippen LogP contribution in [0.2, 0.25) is 0 Å². The molecule has 0 aliphatic carbocycles. The smallest absolute Gasteiger partial charge is 0.210 e. The molecule has 0 saturated heterocycles. The molecule has 1 aromatic carbocycles. The largest absolute Gasteiger partial charge is 0.381 e. The van der Waals surface area contributed by atoms with Gasteiger partial charge in [-0.05, 0) is 0 Å². The molecular weight excluding hydrogens is 245 g/mol. The number of rotatable bonds is 4. The Morgan fingerprint density at radius 3 is 2.44 bits per heavy atom. The van der Waals surface area contributed by atoms with Crippen molar-refractivity contribution in [3.63, 3.8) is 0 Å². The predicted molar refractivity (Wildman–Crippen MR) is 52.8 cm³/mol. The summed E-state index contributed by atoms with van der Waals surface area (Å²) in [4.78, 5) is 0. The molecule has 0 spiro atoms. The van der Waals surface area contributed by atoms with Gasteiger partial charge in [0.15, 0.2) is 11.6 Å². The van der Waals surface area contributed by atoms with E-state index in [2.05, 4.69) is 10.5 Å². The Kier molecular flexibility index (Phi) is 3.76. The molecule has 0 amide bonds. The van der Waals surface area contributed by atoms with Gasteiger partial charge in [-0.25, -0.2) is 26.7 Å². The fraction of sp³-hybridized carbons (Fsp3) is 0.250. The van der Waals surface area contributed by atoms with Gasteiger partial charge in [0.25, 0.3) is 0 Å². The molecule has 1 aromatic rings. The number of benzene rings is 1. The topological polar surface area (TPSA) is 72.2 Å². The molecule has 0 heterocycles. The van der Waals surface area contributed by atoms with Gasteiger partial charge in [0.05, 0.1) is 11.4 Å². The van der Waals surface area contributed by atoms with E-state index in [9.17, 15) is 21.6 Å². The lowest BCUT2D eigenvalue weighted by Crippen LogP contribution is -2.22. The number of hydrogen-bond acceptors (Lipinski definition) is 3. The molecular formula is C8H9F3N2O2S. The molecule has 16 heavy (non-hydrogen) atoms. The standard InChI is InChI=1S/C8H9F3N2O2S/c9-5-3-6(10)8(11)7(4-5)13-1-2-16(12,14)15/h3-4,13H,1-2H2,(H2,12,14,15). The van der Waals surface area contributed by atoms with Crippen LogP contribution < -0.4 is 10.5 Å². The third kappa shape index (κ3) is 3.70. The maximum atomic E-state index is 13.0. The van der Waals surface area contributed by atoms with Crippen LogP contribution in [0.25, 0.3) is 0 Å². The Hall–Kier alpha value is -1.28. The Morgan fingerprint density at radius 1 is 1.25 bits per heavy atom. The molecule has 0 aliphatic heterocycles. The minimum atomic E-state index is -3.70. The molecule has 3 N–H and O–H groups in total. The van der Waals surface area contributed by atoms with Crippen molar-refractivity contribution in [2.75, 3.05) is 17.6 Å². The third-order valence-corrected chi connectivity index (χ3v) is 2.47. The molecule has 0 unspecified atom stereocenters. The van der Waals surface area contributed by atoms with E-state index < -0.39 is 38.9 Å². The maximum Gasteiger partial charge on any atom is 0.210 e. The van der Waals surface area contributed by atoms with Crippen LogP contribution in [0.3, 0.4) is 0 Å². The summed E-state index contributed by atoms with van der Waals surface area (Å²) < 4.78 is 59.5. The Balaban J connectivity index is 2.75. The van der Waals surface area contributed by atoms with Gasteiger partial charge in [0.2, 0.25) is 10.0 Å². The maximum absolute atomic E-state index is 13.0. The van der Waals surface area contributed by atoms with E-state index in [0.717, 1.165) is 6.07 Å². The average Bonchev–Trinajstić information content (AvgIpc) is 2.11. The third-order valence-electron chi connectivity index (χ3n) is 1.70. The number of sulfonamides is 1. The van der Waals surface area contributed by atoms with Crippen molar-refractivity contribution in [2.45, 2.75) is 0 Å². The zero-order valence-corrected chi connectivity index (χ0v) is 8.82. The minimum absolute atomic E-state index is 0.237. The van der Waals surface area contributed by atoms with Crippen molar-refractivity contribution in [1.82, 2.24) is 0 Å². The number of primary sulfonamides is 1. The molecule has 0 aliphatic rings. The summed E-state index contributed by atoms with van der Waals surface area (Å²) in [5.74, 6) is -4.05. The van der Waals surface area contributed by atoms with Crippen molar-refractivity contribution < 1.29 is 21.6 Å². The van der Waals surface area contributed by atoms with E-state index in [1.807, 2.05) is 0 Å². The molecule has 4 nitrogen and oxygen atoms in total. The van der Waals surface area contributed by atoms with E-state index in [-0.39, 0.29) is 6.54 Å². The summed E-state index contributed by atoms with van der Waals surface area (Å²) in [5, 5.41) is 6.92. The van der Waals surface area contributed by atoms with Crippen LogP contribution >= 0.6 is 0 Å². The van der Waals surface area contributed by atoms with E-state index in [1.54, 1.807) is 0 Å². The van der Waals surface area contributed by atoms with Gasteiger partial charge in [0.1, 0.15) is 5.82 Å². The molecule has 8 heteroatoms. The van der Waals surface area contributed by atoms with E-state index in [0.29, 0.717) is 6.07 Å². The first-order chi connectivity index (χ1) is 7.29. The van der Waals surface area contributed by atoms with Gasteiger partial charge in [-0.1, -0.05) is 0 Å². The highest BCUT2D eigenvalue weighted by atomic mass is 32.2. The summed E-state index contributed by atoms with van der Waals surface area (Å²) in [6, 6.07) is 1.11. The number of anilines is 1. The predicted octanol–water partition coefficient (Wildman–Crippen LogP) is 0.804. The molecule has 0 radical (unpaired) electrons. The zero-order valence-electron chi connectivity index (χ0n) is 8.00. The first-order valence-electron chi connectivity index (χ1n) is 4.18. The second-order valence-electron chi connectivity index (χ2n) is 3.04. The molecule has 0 aromatic heterocycles. The van der Waals surface area contributed by atoms with Crippen LogP contribution in [0.5, 0.6) is 0 Å². The summed E-state index contributed by atoms with van der Waals surface area (Å²) >= 11 is 0. The first-order valence-corrected chi connectivity index (χ1v) is 5.90. The van der Waals surface area contributed by atoms with Gasteiger partial charge in [-0.2, -0.15) is 0 Å².